The number of allylic oxidation sites excluding steroid dienone is 1. The summed E-state index contributed by atoms with van der Waals surface area (Å²) in [4.78, 5) is 0.473. The zero-order valence-corrected chi connectivity index (χ0v) is 11.4. The highest BCUT2D eigenvalue weighted by atomic mass is 32.2. The molecule has 2 aliphatic rings. The highest BCUT2D eigenvalue weighted by molar-refractivity contribution is 7.93. The Morgan fingerprint density at radius 1 is 1.21 bits per heavy atom. The molecule has 102 valence electrons. The SMILES string of the molecule is O=S(=O)(C1=Cc2ccccc2CC1)N1CC[C@H](O)C1. The van der Waals surface area contributed by atoms with E-state index in [2.05, 4.69) is 0 Å². The third-order valence-electron chi connectivity index (χ3n) is 3.81. The van der Waals surface area contributed by atoms with Crippen molar-refractivity contribution in [1.29, 1.82) is 0 Å². The highest BCUT2D eigenvalue weighted by Crippen LogP contribution is 2.30. The summed E-state index contributed by atoms with van der Waals surface area (Å²) in [6.45, 7) is 0.643. The summed E-state index contributed by atoms with van der Waals surface area (Å²) >= 11 is 0. The Hall–Kier alpha value is -1.17. The molecule has 1 aliphatic carbocycles. The fourth-order valence-electron chi connectivity index (χ4n) is 2.70. The minimum atomic E-state index is -3.40. The molecular formula is C14H17NO3S. The second-order valence-corrected chi connectivity index (χ2v) is 7.11. The second-order valence-electron chi connectivity index (χ2n) is 5.12. The number of β-amino-alcohol motifs (C(OH)–C–C–N with tert-alkyl or cyclic N) is 1. The molecule has 1 saturated heterocycles. The molecule has 0 bridgehead atoms. The van der Waals surface area contributed by atoms with Gasteiger partial charge in [0.15, 0.2) is 0 Å². The van der Waals surface area contributed by atoms with Gasteiger partial charge in [-0.1, -0.05) is 24.3 Å². The number of fused-ring (bicyclic) bond motifs is 1. The van der Waals surface area contributed by atoms with E-state index in [1.807, 2.05) is 24.3 Å². The molecule has 1 atom stereocenters. The minimum Gasteiger partial charge on any atom is -0.392 e. The van der Waals surface area contributed by atoms with E-state index in [1.165, 1.54) is 9.87 Å². The zero-order valence-electron chi connectivity index (χ0n) is 10.6. The van der Waals surface area contributed by atoms with Gasteiger partial charge >= 0.3 is 0 Å². The van der Waals surface area contributed by atoms with Crippen LogP contribution in [-0.4, -0.2) is 37.0 Å². The molecule has 0 spiro atoms. The number of sulfonamides is 1. The fourth-order valence-corrected chi connectivity index (χ4v) is 4.39. The van der Waals surface area contributed by atoms with Gasteiger partial charge in [0.1, 0.15) is 0 Å². The lowest BCUT2D eigenvalue weighted by Gasteiger charge is -2.21. The molecular weight excluding hydrogens is 262 g/mol. The van der Waals surface area contributed by atoms with E-state index in [0.29, 0.717) is 24.3 Å². The summed E-state index contributed by atoms with van der Waals surface area (Å²) in [6, 6.07) is 7.88. The molecule has 0 amide bonds. The maximum absolute atomic E-state index is 12.5. The number of hydrogen-bond donors (Lipinski definition) is 1. The van der Waals surface area contributed by atoms with Crippen LogP contribution in [0.1, 0.15) is 24.0 Å². The molecule has 0 unspecified atom stereocenters. The molecule has 1 aromatic rings. The number of aliphatic hydroxyl groups is 1. The first kappa shape index (κ1) is 12.8. The van der Waals surface area contributed by atoms with Crippen molar-refractivity contribution in [3.63, 3.8) is 0 Å². The number of rotatable bonds is 2. The smallest absolute Gasteiger partial charge is 0.239 e. The van der Waals surface area contributed by atoms with Gasteiger partial charge in [0.05, 0.1) is 11.0 Å². The van der Waals surface area contributed by atoms with Gasteiger partial charge in [0.25, 0.3) is 0 Å². The summed E-state index contributed by atoms with van der Waals surface area (Å²) in [5.41, 5.74) is 2.19. The topological polar surface area (TPSA) is 57.6 Å². The average Bonchev–Trinajstić information content (AvgIpc) is 2.85. The lowest BCUT2D eigenvalue weighted by Crippen LogP contribution is -2.31. The normalized spacial score (nSPS) is 24.1. The Bertz CT molecular complexity index is 621. The summed E-state index contributed by atoms with van der Waals surface area (Å²) in [7, 11) is -3.40. The number of benzene rings is 1. The molecule has 3 rings (SSSR count). The zero-order chi connectivity index (χ0) is 13.5. The third kappa shape index (κ3) is 2.33. The monoisotopic (exact) mass is 279 g/mol. The molecule has 4 nitrogen and oxygen atoms in total. The standard InChI is InChI=1S/C14H17NO3S/c16-13-7-8-15(10-13)19(17,18)14-6-5-11-3-1-2-4-12(11)9-14/h1-4,9,13,16H,5-8,10H2/t13-/m0/s1. The van der Waals surface area contributed by atoms with Crippen LogP contribution in [0.5, 0.6) is 0 Å². The lowest BCUT2D eigenvalue weighted by atomic mass is 9.98. The van der Waals surface area contributed by atoms with E-state index in [1.54, 1.807) is 6.08 Å². The fraction of sp³-hybridized carbons (Fsp3) is 0.429. The lowest BCUT2D eigenvalue weighted by molar-refractivity contribution is 0.189. The van der Waals surface area contributed by atoms with Gasteiger partial charge in [-0.3, -0.25) is 0 Å². The van der Waals surface area contributed by atoms with Gasteiger partial charge in [-0.15, -0.1) is 0 Å². The molecule has 0 saturated carbocycles. The Kier molecular flexibility index (Phi) is 3.20. The number of hydrogen-bond acceptors (Lipinski definition) is 3. The van der Waals surface area contributed by atoms with Crippen LogP contribution in [0, 0.1) is 0 Å². The third-order valence-corrected chi connectivity index (χ3v) is 5.81. The number of aryl methyl sites for hydroxylation is 1. The predicted octanol–water partition coefficient (Wildman–Crippen LogP) is 1.37. The van der Waals surface area contributed by atoms with Crippen LogP contribution < -0.4 is 0 Å². The van der Waals surface area contributed by atoms with E-state index in [9.17, 15) is 13.5 Å². The average molecular weight is 279 g/mol. The molecule has 1 heterocycles. The van der Waals surface area contributed by atoms with Gasteiger partial charge in [-0.25, -0.2) is 8.42 Å². The quantitative estimate of drug-likeness (QED) is 0.889. The van der Waals surface area contributed by atoms with Gasteiger partial charge in [-0.2, -0.15) is 4.31 Å². The Morgan fingerprint density at radius 2 is 2.00 bits per heavy atom. The van der Waals surface area contributed by atoms with Gasteiger partial charge in [0.2, 0.25) is 10.0 Å². The van der Waals surface area contributed by atoms with Gasteiger partial charge in [0, 0.05) is 13.1 Å². The molecule has 1 aliphatic heterocycles. The maximum atomic E-state index is 12.5. The van der Waals surface area contributed by atoms with Crippen molar-refractivity contribution in [2.45, 2.75) is 25.4 Å². The van der Waals surface area contributed by atoms with Crippen LogP contribution in [0.25, 0.3) is 6.08 Å². The Labute approximate surface area is 113 Å². The van der Waals surface area contributed by atoms with Crippen molar-refractivity contribution in [2.75, 3.05) is 13.1 Å². The summed E-state index contributed by atoms with van der Waals surface area (Å²) < 4.78 is 26.4. The Morgan fingerprint density at radius 3 is 2.74 bits per heavy atom. The minimum absolute atomic E-state index is 0.224. The first-order valence-corrected chi connectivity index (χ1v) is 7.98. The molecule has 5 heteroatoms. The van der Waals surface area contributed by atoms with Crippen molar-refractivity contribution in [2.24, 2.45) is 0 Å². The summed E-state index contributed by atoms with van der Waals surface area (Å²) in [6.07, 6.45) is 3.09. The van der Waals surface area contributed by atoms with Crippen molar-refractivity contribution in [3.8, 4) is 0 Å². The van der Waals surface area contributed by atoms with E-state index in [-0.39, 0.29) is 6.54 Å². The highest BCUT2D eigenvalue weighted by Gasteiger charge is 2.33. The predicted molar refractivity (Wildman–Crippen MR) is 73.9 cm³/mol. The number of aliphatic hydroxyl groups excluding tert-OH is 1. The van der Waals surface area contributed by atoms with Crippen LogP contribution in [0.15, 0.2) is 29.2 Å². The van der Waals surface area contributed by atoms with E-state index >= 15 is 0 Å². The largest absolute Gasteiger partial charge is 0.392 e. The first-order chi connectivity index (χ1) is 9.07. The molecule has 19 heavy (non-hydrogen) atoms. The van der Waals surface area contributed by atoms with E-state index in [4.69, 9.17) is 0 Å². The van der Waals surface area contributed by atoms with Crippen molar-refractivity contribution in [1.82, 2.24) is 4.31 Å². The first-order valence-electron chi connectivity index (χ1n) is 6.54. The maximum Gasteiger partial charge on any atom is 0.239 e. The van der Waals surface area contributed by atoms with Gasteiger partial charge in [-0.05, 0) is 36.5 Å². The Balaban J connectivity index is 1.93. The van der Waals surface area contributed by atoms with Crippen molar-refractivity contribution in [3.05, 3.63) is 40.3 Å². The van der Waals surface area contributed by atoms with Gasteiger partial charge < -0.3 is 5.11 Å². The number of nitrogens with zero attached hydrogens (tertiary/aromatic N) is 1. The van der Waals surface area contributed by atoms with Crippen molar-refractivity contribution >= 4 is 16.1 Å². The van der Waals surface area contributed by atoms with Crippen LogP contribution >= 0.6 is 0 Å². The molecule has 0 radical (unpaired) electrons. The van der Waals surface area contributed by atoms with Crippen LogP contribution in [-0.2, 0) is 16.4 Å². The van der Waals surface area contributed by atoms with Crippen LogP contribution in [0.3, 0.4) is 0 Å². The summed E-state index contributed by atoms with van der Waals surface area (Å²) in [5, 5.41) is 9.49. The molecule has 0 aromatic heterocycles. The second kappa shape index (κ2) is 4.74. The van der Waals surface area contributed by atoms with E-state index < -0.39 is 16.1 Å². The molecule has 1 N–H and O–H groups in total. The molecule has 1 aromatic carbocycles. The van der Waals surface area contributed by atoms with Crippen molar-refractivity contribution < 1.29 is 13.5 Å². The summed E-state index contributed by atoms with van der Waals surface area (Å²) in [5.74, 6) is 0. The van der Waals surface area contributed by atoms with Crippen LogP contribution in [0.4, 0.5) is 0 Å². The molecule has 1 fully saturated rings. The van der Waals surface area contributed by atoms with E-state index in [0.717, 1.165) is 12.0 Å². The van der Waals surface area contributed by atoms with Crippen LogP contribution in [0.2, 0.25) is 0 Å².